The molecule has 0 fully saturated rings. The lowest BCUT2D eigenvalue weighted by Crippen LogP contribution is -2.75. The van der Waals surface area contributed by atoms with Gasteiger partial charge in [-0.25, -0.2) is 8.42 Å². The highest BCUT2D eigenvalue weighted by molar-refractivity contribution is 7.90. The van der Waals surface area contributed by atoms with E-state index in [-0.39, 0.29) is 13.1 Å². The Morgan fingerprint density at radius 2 is 0.943 bits per heavy atom. The van der Waals surface area contributed by atoms with E-state index in [1.807, 2.05) is 0 Å². The zero-order chi connectivity index (χ0) is 29.1. The van der Waals surface area contributed by atoms with E-state index in [9.17, 15) is 87.8 Å². The van der Waals surface area contributed by atoms with E-state index in [0.717, 1.165) is 0 Å². The maximum Gasteiger partial charge on any atom is 0.460 e. The van der Waals surface area contributed by atoms with Crippen molar-refractivity contribution < 1.29 is 87.8 Å². The summed E-state index contributed by atoms with van der Waals surface area (Å²) in [4.78, 5) is 10.9. The molecule has 0 aliphatic heterocycles. The molecule has 0 aromatic heterocycles. The molecule has 0 radical (unpaired) electrons. The normalized spacial score (nSPS) is 16.0. The van der Waals surface area contributed by atoms with E-state index < -0.39 is 73.6 Å². The summed E-state index contributed by atoms with van der Waals surface area (Å²) < 4.78 is 245. The Balaban J connectivity index is 6.96. The second-order valence-electron chi connectivity index (χ2n) is 6.39. The lowest BCUT2D eigenvalue weighted by atomic mass is 9.91. The molecule has 4 nitrogen and oxygen atoms in total. The van der Waals surface area contributed by atoms with Crippen LogP contribution in [0.15, 0.2) is 12.7 Å². The summed E-state index contributed by atoms with van der Waals surface area (Å²) in [6, 6.07) is 0. The van der Waals surface area contributed by atoms with E-state index in [4.69, 9.17) is 0 Å². The molecule has 0 amide bonds. The molecule has 0 heterocycles. The Morgan fingerprint density at radius 1 is 0.657 bits per heavy atom. The van der Waals surface area contributed by atoms with Gasteiger partial charge in [-0.2, -0.15) is 78.9 Å². The number of hydrogen-bond acceptors (Lipinski definition) is 3. The predicted molar refractivity (Wildman–Crippen MR) is 77.4 cm³/mol. The van der Waals surface area contributed by atoms with Crippen molar-refractivity contribution >= 4 is 15.8 Å². The summed E-state index contributed by atoms with van der Waals surface area (Å²) >= 11 is 0. The van der Waals surface area contributed by atoms with Gasteiger partial charge in [0.25, 0.3) is 10.0 Å². The van der Waals surface area contributed by atoms with Crippen LogP contribution in [0.5, 0.6) is 0 Å². The number of likely N-dealkylation sites (N-methyl/N-ethyl adjacent to an activating group) is 1. The van der Waals surface area contributed by atoms with Crippen molar-refractivity contribution in [2.45, 2.75) is 47.0 Å². The Labute approximate surface area is 182 Å². The van der Waals surface area contributed by atoms with Crippen LogP contribution >= 0.6 is 0 Å². The topological polar surface area (TPSA) is 54.5 Å². The molecule has 208 valence electrons. The molecule has 0 unspecified atom stereocenters. The van der Waals surface area contributed by atoms with E-state index in [1.54, 1.807) is 0 Å². The number of ketones is 1. The summed E-state index contributed by atoms with van der Waals surface area (Å²) in [5, 5.41) is -7.69. The molecule has 0 rings (SSSR count). The smallest absolute Gasteiger partial charge is 0.293 e. The molecule has 35 heavy (non-hydrogen) atoms. The Morgan fingerprint density at radius 3 is 1.23 bits per heavy atom. The minimum Gasteiger partial charge on any atom is -0.293 e. The lowest BCUT2D eigenvalue weighted by Gasteiger charge is -2.42. The second-order valence-corrected chi connectivity index (χ2v) is 8.48. The van der Waals surface area contributed by atoms with Gasteiger partial charge in [-0.1, -0.05) is 6.58 Å². The van der Waals surface area contributed by atoms with Gasteiger partial charge in [0.15, 0.2) is 5.78 Å². The number of nitrogens with zero attached hydrogens (tertiary/aromatic N) is 1. The van der Waals surface area contributed by atoms with Gasteiger partial charge >= 0.3 is 47.0 Å². The first-order valence-electron chi connectivity index (χ1n) is 7.70. The maximum absolute atomic E-state index is 13.8. The fourth-order valence-corrected chi connectivity index (χ4v) is 3.02. The molecular formula is C13H8F17NO3S. The first-order valence-corrected chi connectivity index (χ1v) is 9.14. The Hall–Kier alpha value is -1.87. The molecule has 0 bridgehead atoms. The summed E-state index contributed by atoms with van der Waals surface area (Å²) in [5.74, 6) is -53.6. The SMILES string of the molecule is C=CC(=O)CN(C)S(=O)(=O)C(F)(F)C(F)(F)C(F)(F)C(F)(F)C(F)(F)C(F)(F)C(F)(F)C(F)(F)F. The van der Waals surface area contributed by atoms with Crippen LogP contribution < -0.4 is 0 Å². The highest BCUT2D eigenvalue weighted by Gasteiger charge is 2.96. The fourth-order valence-electron chi connectivity index (χ4n) is 1.88. The van der Waals surface area contributed by atoms with Crippen LogP contribution in [-0.2, 0) is 14.8 Å². The maximum atomic E-state index is 13.8. The largest absolute Gasteiger partial charge is 0.460 e. The molecule has 0 N–H and O–H groups in total. The van der Waals surface area contributed by atoms with Crippen molar-refractivity contribution in [2.24, 2.45) is 0 Å². The van der Waals surface area contributed by atoms with Crippen LogP contribution in [0.4, 0.5) is 74.6 Å². The number of rotatable bonds is 11. The molecular weight excluding hydrogens is 573 g/mol. The third-order valence-corrected chi connectivity index (χ3v) is 5.89. The van der Waals surface area contributed by atoms with Crippen LogP contribution in [0.1, 0.15) is 0 Å². The van der Waals surface area contributed by atoms with Gasteiger partial charge in [-0.15, -0.1) is 0 Å². The molecule has 0 aliphatic rings. The molecule has 0 saturated carbocycles. The first-order chi connectivity index (χ1) is 14.9. The highest BCUT2D eigenvalue weighted by Crippen LogP contribution is 2.64. The van der Waals surface area contributed by atoms with Crippen LogP contribution in [0, 0.1) is 0 Å². The van der Waals surface area contributed by atoms with Gasteiger partial charge in [0.2, 0.25) is 0 Å². The number of carbonyl (C=O) groups is 1. The van der Waals surface area contributed by atoms with Crippen LogP contribution in [0.2, 0.25) is 0 Å². The number of hydrogen-bond donors (Lipinski definition) is 0. The molecule has 22 heteroatoms. The predicted octanol–water partition coefficient (Wildman–Crippen LogP) is 4.97. The Bertz CT molecular complexity index is 937. The zero-order valence-corrected chi connectivity index (χ0v) is 16.8. The highest BCUT2D eigenvalue weighted by atomic mass is 32.2. The number of halogens is 17. The minimum atomic E-state index is -8.91. The quantitative estimate of drug-likeness (QED) is 0.256. The molecule has 0 aromatic carbocycles. The van der Waals surface area contributed by atoms with Crippen molar-refractivity contribution in [1.29, 1.82) is 0 Å². The van der Waals surface area contributed by atoms with Crippen molar-refractivity contribution in [2.75, 3.05) is 13.6 Å². The first kappa shape index (κ1) is 33.1. The molecule has 0 saturated heterocycles. The molecule has 0 aliphatic carbocycles. The average Bonchev–Trinajstić information content (AvgIpc) is 2.65. The van der Waals surface area contributed by atoms with E-state index in [0.29, 0.717) is 0 Å². The summed E-state index contributed by atoms with van der Waals surface area (Å²) in [5.41, 5.74) is 0. The van der Waals surface area contributed by atoms with Crippen molar-refractivity contribution in [1.82, 2.24) is 4.31 Å². The van der Waals surface area contributed by atoms with E-state index in [2.05, 4.69) is 6.58 Å². The number of sulfonamides is 1. The van der Waals surface area contributed by atoms with Crippen LogP contribution in [0.25, 0.3) is 0 Å². The third-order valence-electron chi connectivity index (χ3n) is 4.03. The minimum absolute atomic E-state index is 0.133. The van der Waals surface area contributed by atoms with Crippen LogP contribution in [0.3, 0.4) is 0 Å². The van der Waals surface area contributed by atoms with Gasteiger partial charge in [0, 0.05) is 7.05 Å². The lowest BCUT2D eigenvalue weighted by molar-refractivity contribution is -0.458. The van der Waals surface area contributed by atoms with Gasteiger partial charge in [-0.05, 0) is 6.08 Å². The van der Waals surface area contributed by atoms with Gasteiger partial charge in [-0.3, -0.25) is 4.79 Å². The van der Waals surface area contributed by atoms with E-state index in [1.165, 1.54) is 0 Å². The zero-order valence-electron chi connectivity index (χ0n) is 16.0. The summed E-state index contributed by atoms with van der Waals surface area (Å²) in [6.07, 6.45) is -7.77. The monoisotopic (exact) mass is 581 g/mol. The Kier molecular flexibility index (Phi) is 8.15. The number of carbonyl (C=O) groups excluding carboxylic acids is 1. The summed E-state index contributed by atoms with van der Waals surface area (Å²) in [6.45, 7) is 0.705. The van der Waals surface area contributed by atoms with Crippen LogP contribution in [-0.4, -0.2) is 79.1 Å². The van der Waals surface area contributed by atoms with Gasteiger partial charge < -0.3 is 0 Å². The molecule has 0 atom stereocenters. The van der Waals surface area contributed by atoms with Gasteiger partial charge in [0.05, 0.1) is 6.54 Å². The molecule has 0 aromatic rings. The van der Waals surface area contributed by atoms with Crippen molar-refractivity contribution in [3.05, 3.63) is 12.7 Å². The second kappa shape index (κ2) is 8.61. The number of alkyl halides is 17. The van der Waals surface area contributed by atoms with Crippen molar-refractivity contribution in [3.8, 4) is 0 Å². The van der Waals surface area contributed by atoms with Crippen molar-refractivity contribution in [3.63, 3.8) is 0 Å². The third kappa shape index (κ3) is 4.32. The average molecular weight is 581 g/mol. The fraction of sp³-hybridized carbons (Fsp3) is 0.769. The van der Waals surface area contributed by atoms with E-state index >= 15 is 0 Å². The standard InChI is InChI=1S/C13H8F17NO3S/c1-3-5(32)4-31(2)35(33,34)13(29,30)11(24,25)9(20,21)7(16,17)6(14,15)8(18,19)10(22,23)12(26,27)28/h3H,1,4H2,2H3. The molecule has 0 spiro atoms. The summed E-state index contributed by atoms with van der Waals surface area (Å²) in [7, 11) is -7.72. The van der Waals surface area contributed by atoms with Gasteiger partial charge in [0.1, 0.15) is 0 Å².